The van der Waals surface area contributed by atoms with Gasteiger partial charge in [0.2, 0.25) is 0 Å². The number of aliphatic imine (C=N–C) groups is 1. The first kappa shape index (κ1) is 18.5. The van der Waals surface area contributed by atoms with E-state index in [9.17, 15) is 0 Å². The number of rotatable bonds is 7. The molecule has 2 rings (SSSR count). The molecule has 0 aromatic carbocycles. The van der Waals surface area contributed by atoms with E-state index in [4.69, 9.17) is 9.52 Å². The highest BCUT2D eigenvalue weighted by Gasteiger charge is 2.16. The van der Waals surface area contributed by atoms with Crippen LogP contribution in [0.2, 0.25) is 0 Å². The number of hydrogen-bond donors (Lipinski definition) is 1. The number of aryl methyl sites for hydroxylation is 2. The Morgan fingerprint density at radius 2 is 2.25 bits per heavy atom. The van der Waals surface area contributed by atoms with Crippen LogP contribution in [0.4, 0.5) is 0 Å². The lowest BCUT2D eigenvalue weighted by Crippen LogP contribution is -2.40. The molecule has 0 aliphatic rings. The van der Waals surface area contributed by atoms with E-state index in [0.717, 1.165) is 36.9 Å². The fourth-order valence-corrected chi connectivity index (χ4v) is 3.51. The van der Waals surface area contributed by atoms with E-state index in [2.05, 4.69) is 53.8 Å². The third kappa shape index (κ3) is 4.84. The molecule has 132 valence electrons. The molecule has 0 saturated carbocycles. The van der Waals surface area contributed by atoms with Crippen LogP contribution in [-0.4, -0.2) is 42.7 Å². The van der Waals surface area contributed by atoms with Gasteiger partial charge in [0.05, 0.1) is 5.69 Å². The van der Waals surface area contributed by atoms with Gasteiger partial charge in [0.25, 0.3) is 0 Å². The average molecular weight is 349 g/mol. The van der Waals surface area contributed by atoms with Crippen LogP contribution >= 0.6 is 11.3 Å². The maximum Gasteiger partial charge on any atom is 0.193 e. The maximum absolute atomic E-state index is 5.27. The van der Waals surface area contributed by atoms with Crippen molar-refractivity contribution in [2.45, 2.75) is 40.0 Å². The van der Waals surface area contributed by atoms with E-state index >= 15 is 0 Å². The Bertz CT molecular complexity index is 629. The summed E-state index contributed by atoms with van der Waals surface area (Å²) in [5.41, 5.74) is 2.14. The minimum Gasteiger partial charge on any atom is -0.361 e. The molecule has 0 saturated heterocycles. The summed E-state index contributed by atoms with van der Waals surface area (Å²) < 4.78 is 5.27. The van der Waals surface area contributed by atoms with Gasteiger partial charge in [-0.05, 0) is 38.6 Å². The lowest BCUT2D eigenvalue weighted by molar-refractivity contribution is 0.391. The van der Waals surface area contributed by atoms with Gasteiger partial charge in [-0.1, -0.05) is 18.1 Å². The first-order chi connectivity index (χ1) is 11.5. The van der Waals surface area contributed by atoms with Gasteiger partial charge in [-0.25, -0.2) is 0 Å². The topological polar surface area (TPSA) is 53.7 Å². The van der Waals surface area contributed by atoms with E-state index in [1.54, 1.807) is 11.3 Å². The second-order valence-electron chi connectivity index (χ2n) is 6.08. The third-order valence-corrected chi connectivity index (χ3v) is 5.00. The quantitative estimate of drug-likeness (QED) is 0.614. The minimum absolute atomic E-state index is 0.288. The molecule has 1 unspecified atom stereocenters. The molecule has 0 radical (unpaired) electrons. The van der Waals surface area contributed by atoms with Gasteiger partial charge in [-0.15, -0.1) is 11.3 Å². The Morgan fingerprint density at radius 1 is 1.46 bits per heavy atom. The fraction of sp³-hybridized carbons (Fsp3) is 0.556. The van der Waals surface area contributed by atoms with Crippen molar-refractivity contribution in [3.8, 4) is 0 Å². The van der Waals surface area contributed by atoms with Crippen molar-refractivity contribution < 1.29 is 4.52 Å². The van der Waals surface area contributed by atoms with Crippen molar-refractivity contribution >= 4 is 17.3 Å². The molecule has 2 aromatic rings. The molecule has 1 N–H and O–H groups in total. The zero-order chi connectivity index (χ0) is 17.5. The molecular formula is C18H28N4OS. The van der Waals surface area contributed by atoms with Crippen molar-refractivity contribution in [3.05, 3.63) is 39.4 Å². The predicted octanol–water partition coefficient (Wildman–Crippen LogP) is 3.60. The van der Waals surface area contributed by atoms with Gasteiger partial charge in [0.15, 0.2) is 5.96 Å². The number of hydrogen-bond acceptors (Lipinski definition) is 4. The second-order valence-corrected chi connectivity index (χ2v) is 7.12. The molecule has 0 aliphatic carbocycles. The van der Waals surface area contributed by atoms with E-state index in [1.807, 2.05) is 13.8 Å². The number of nitrogens with one attached hydrogen (secondary N) is 1. The lowest BCUT2D eigenvalue weighted by atomic mass is 10.00. The van der Waals surface area contributed by atoms with E-state index in [0.29, 0.717) is 6.54 Å². The Hall–Kier alpha value is -1.82. The highest BCUT2D eigenvalue weighted by Crippen LogP contribution is 2.23. The molecule has 0 amide bonds. The molecule has 0 fully saturated rings. The van der Waals surface area contributed by atoms with Crippen molar-refractivity contribution in [3.63, 3.8) is 0 Å². The zero-order valence-electron chi connectivity index (χ0n) is 15.3. The van der Waals surface area contributed by atoms with E-state index in [1.165, 1.54) is 10.4 Å². The molecular weight excluding hydrogens is 320 g/mol. The summed E-state index contributed by atoms with van der Waals surface area (Å²) in [5.74, 6) is 2.13. The molecule has 0 aliphatic heterocycles. The molecule has 2 aromatic heterocycles. The summed E-state index contributed by atoms with van der Waals surface area (Å²) in [4.78, 5) is 8.42. The lowest BCUT2D eigenvalue weighted by Gasteiger charge is -2.22. The molecule has 24 heavy (non-hydrogen) atoms. The zero-order valence-corrected chi connectivity index (χ0v) is 16.1. The number of nitrogens with zero attached hydrogens (tertiary/aromatic N) is 3. The number of thiophene rings is 1. The predicted molar refractivity (Wildman–Crippen MR) is 101 cm³/mol. The summed E-state index contributed by atoms with van der Waals surface area (Å²) in [6, 6.07) is 4.28. The SMILES string of the molecule is CCNC(=NCC(C)c1c(C)noc1C)N(C)CCc1cccs1. The molecule has 5 nitrogen and oxygen atoms in total. The molecule has 1 atom stereocenters. The highest BCUT2D eigenvalue weighted by atomic mass is 32.1. The van der Waals surface area contributed by atoms with Gasteiger partial charge >= 0.3 is 0 Å². The standard InChI is InChI=1S/C18H28N4OS/c1-6-19-18(22(5)10-9-16-8-7-11-24-16)20-12-13(2)17-14(3)21-23-15(17)4/h7-8,11,13H,6,9-10,12H2,1-5H3,(H,19,20). The van der Waals surface area contributed by atoms with Crippen LogP contribution in [0.25, 0.3) is 0 Å². The summed E-state index contributed by atoms with van der Waals surface area (Å²) in [6.45, 7) is 10.8. The number of guanidine groups is 1. The average Bonchev–Trinajstić information content (AvgIpc) is 3.18. The Morgan fingerprint density at radius 3 is 2.83 bits per heavy atom. The number of likely N-dealkylation sites (N-methyl/N-ethyl adjacent to an activating group) is 1. The Balaban J connectivity index is 1.98. The first-order valence-electron chi connectivity index (χ1n) is 8.47. The summed E-state index contributed by atoms with van der Waals surface area (Å²) >= 11 is 1.81. The minimum atomic E-state index is 0.288. The van der Waals surface area contributed by atoms with Crippen LogP contribution < -0.4 is 5.32 Å². The van der Waals surface area contributed by atoms with Gasteiger partial charge in [0, 0.05) is 43.0 Å². The van der Waals surface area contributed by atoms with E-state index < -0.39 is 0 Å². The Kier molecular flexibility index (Phi) is 6.85. The van der Waals surface area contributed by atoms with Gasteiger partial charge in [-0.2, -0.15) is 0 Å². The van der Waals surface area contributed by atoms with Crippen LogP contribution in [0.15, 0.2) is 27.0 Å². The molecule has 0 spiro atoms. The van der Waals surface area contributed by atoms with Crippen LogP contribution in [0.1, 0.15) is 41.7 Å². The normalized spacial score (nSPS) is 13.1. The fourth-order valence-electron chi connectivity index (χ4n) is 2.82. The third-order valence-electron chi connectivity index (χ3n) is 4.07. The second kappa shape index (κ2) is 8.87. The summed E-state index contributed by atoms with van der Waals surface area (Å²) in [5, 5.41) is 9.55. The van der Waals surface area contributed by atoms with Crippen LogP contribution in [-0.2, 0) is 6.42 Å². The summed E-state index contributed by atoms with van der Waals surface area (Å²) in [6.07, 6.45) is 1.04. The molecule has 0 bridgehead atoms. The van der Waals surface area contributed by atoms with Crippen molar-refractivity contribution in [2.24, 2.45) is 4.99 Å². The monoisotopic (exact) mass is 348 g/mol. The van der Waals surface area contributed by atoms with Crippen molar-refractivity contribution in [1.82, 2.24) is 15.4 Å². The maximum atomic E-state index is 5.27. The smallest absolute Gasteiger partial charge is 0.193 e. The molecule has 2 heterocycles. The summed E-state index contributed by atoms with van der Waals surface area (Å²) in [7, 11) is 2.09. The largest absolute Gasteiger partial charge is 0.361 e. The first-order valence-corrected chi connectivity index (χ1v) is 9.35. The van der Waals surface area contributed by atoms with E-state index in [-0.39, 0.29) is 5.92 Å². The van der Waals surface area contributed by atoms with Gasteiger partial charge in [0.1, 0.15) is 5.76 Å². The van der Waals surface area contributed by atoms with Crippen molar-refractivity contribution in [2.75, 3.05) is 26.7 Å². The Labute approximate surface area is 148 Å². The molecule has 6 heteroatoms. The van der Waals surface area contributed by atoms with Gasteiger partial charge in [-0.3, -0.25) is 4.99 Å². The van der Waals surface area contributed by atoms with Crippen LogP contribution in [0, 0.1) is 13.8 Å². The number of aromatic nitrogens is 1. The highest BCUT2D eigenvalue weighted by molar-refractivity contribution is 7.09. The van der Waals surface area contributed by atoms with Crippen molar-refractivity contribution in [1.29, 1.82) is 0 Å². The van der Waals surface area contributed by atoms with Gasteiger partial charge < -0.3 is 14.7 Å². The van der Waals surface area contributed by atoms with Crippen LogP contribution in [0.5, 0.6) is 0 Å². The van der Waals surface area contributed by atoms with Crippen LogP contribution in [0.3, 0.4) is 0 Å².